The Bertz CT molecular complexity index is 2540. The molecule has 6 heterocycles. The number of ether oxygens (including phenoxy) is 8. The predicted molar refractivity (Wildman–Crippen MR) is 416 cm³/mol. The molecule has 10 nitrogen and oxygen atoms in total. The molecule has 7 aromatic carbocycles. The molecule has 0 bridgehead atoms. The average molecular weight is 1340 g/mol. The van der Waals surface area contributed by atoms with Gasteiger partial charge in [-0.2, -0.15) is 0 Å². The van der Waals surface area contributed by atoms with Crippen LogP contribution in [0.4, 0.5) is 5.69 Å². The Balaban J connectivity index is 0.000000533. The Morgan fingerprint density at radius 3 is 1.06 bits per heavy atom. The third kappa shape index (κ3) is 46.7. The molecule has 1 aliphatic carbocycles. The van der Waals surface area contributed by atoms with Crippen LogP contribution in [0, 0.1) is 48.3 Å². The summed E-state index contributed by atoms with van der Waals surface area (Å²) in [5.74, 6) is 12.0. The highest BCUT2D eigenvalue weighted by Crippen LogP contribution is 2.33. The first-order chi connectivity index (χ1) is 46.3. The predicted octanol–water partition coefficient (Wildman–Crippen LogP) is 23.4. The lowest BCUT2D eigenvalue weighted by molar-refractivity contribution is -0.0163. The van der Waals surface area contributed by atoms with Gasteiger partial charge in [0.2, 0.25) is 6.79 Å². The van der Waals surface area contributed by atoms with Crippen LogP contribution in [0.5, 0.6) is 40.2 Å². The number of rotatable bonds is 0. The number of benzene rings is 7. The summed E-state index contributed by atoms with van der Waals surface area (Å²) in [5, 5.41) is 6.70. The molecular formula is C87H134N2O8. The van der Waals surface area contributed by atoms with Crippen molar-refractivity contribution in [2.75, 3.05) is 58.4 Å². The molecule has 14 rings (SSSR count). The van der Waals surface area contributed by atoms with Crippen molar-refractivity contribution in [3.8, 4) is 40.2 Å². The summed E-state index contributed by atoms with van der Waals surface area (Å²) < 4.78 is 41.8. The van der Waals surface area contributed by atoms with E-state index >= 15 is 0 Å². The van der Waals surface area contributed by atoms with Gasteiger partial charge in [-0.1, -0.05) is 267 Å². The molecule has 6 aliphatic heterocycles. The first kappa shape index (κ1) is 87.9. The van der Waals surface area contributed by atoms with E-state index in [4.69, 9.17) is 37.9 Å². The molecule has 97 heavy (non-hydrogen) atoms. The minimum absolute atomic E-state index is 0.360. The van der Waals surface area contributed by atoms with Crippen LogP contribution in [-0.2, 0) is 43.6 Å². The van der Waals surface area contributed by atoms with Gasteiger partial charge in [-0.25, -0.2) is 0 Å². The van der Waals surface area contributed by atoms with Gasteiger partial charge in [-0.05, 0) is 169 Å². The minimum atomic E-state index is 0.360. The van der Waals surface area contributed by atoms with Crippen LogP contribution < -0.4 is 43.8 Å². The molecule has 0 amide bonds. The van der Waals surface area contributed by atoms with E-state index in [2.05, 4.69) is 229 Å². The summed E-state index contributed by atoms with van der Waals surface area (Å²) in [6, 6.07) is 55.1. The maximum Gasteiger partial charge on any atom is 0.231 e. The summed E-state index contributed by atoms with van der Waals surface area (Å²) in [6.45, 7) is 54.9. The third-order valence-corrected chi connectivity index (χ3v) is 12.0. The van der Waals surface area contributed by atoms with Gasteiger partial charge < -0.3 is 48.5 Å². The van der Waals surface area contributed by atoms with Crippen molar-refractivity contribution in [3.05, 3.63) is 203 Å². The van der Waals surface area contributed by atoms with Gasteiger partial charge in [0.15, 0.2) is 41.3 Å². The molecular weight excluding hydrogens is 1200 g/mol. The molecule has 7 aliphatic rings. The number of para-hydroxylation sites is 7. The summed E-state index contributed by atoms with van der Waals surface area (Å²) in [7, 11) is 0. The molecule has 540 valence electrons. The van der Waals surface area contributed by atoms with Gasteiger partial charge in [-0.15, -0.1) is 0 Å². The zero-order valence-corrected chi connectivity index (χ0v) is 64.7. The topological polar surface area (TPSA) is 97.9 Å². The molecule has 0 saturated carbocycles. The fourth-order valence-corrected chi connectivity index (χ4v) is 8.42. The summed E-state index contributed by atoms with van der Waals surface area (Å²) in [4.78, 5) is 0. The van der Waals surface area contributed by atoms with E-state index in [-0.39, 0.29) is 0 Å². The third-order valence-electron chi connectivity index (χ3n) is 12.0. The van der Waals surface area contributed by atoms with E-state index in [9.17, 15) is 0 Å². The Morgan fingerprint density at radius 2 is 0.629 bits per heavy atom. The normalized spacial score (nSPS) is 13.4. The smallest absolute Gasteiger partial charge is 0.231 e. The lowest BCUT2D eigenvalue weighted by Gasteiger charge is -2.19. The SMILES string of the molecule is CC(C)C.CC(C)C.CC(C)C.CC(C)C.CC(C)C.CC(C)C.CC(C)C.Cc1cccc2c1OCCO2.c1ccc2c(c1)CCC2.c1ccc2c(c1)CCCN2.c1ccc2c(c1)CCNC2.c1ccc2c(c1)COCO2.c1ccc2c(c1)OCCO2.c1ccc2c(c1)OCO2. The number of anilines is 1. The van der Waals surface area contributed by atoms with Crippen molar-refractivity contribution in [1.29, 1.82) is 0 Å². The van der Waals surface area contributed by atoms with E-state index < -0.39 is 0 Å². The minimum Gasteiger partial charge on any atom is -0.486 e. The van der Waals surface area contributed by atoms with Crippen molar-refractivity contribution in [2.24, 2.45) is 41.4 Å². The number of hydrogen-bond donors (Lipinski definition) is 2. The van der Waals surface area contributed by atoms with Crippen molar-refractivity contribution in [3.63, 3.8) is 0 Å². The van der Waals surface area contributed by atoms with E-state index in [1.54, 1.807) is 11.1 Å². The largest absolute Gasteiger partial charge is 0.486 e. The van der Waals surface area contributed by atoms with Gasteiger partial charge in [0.1, 0.15) is 32.2 Å². The molecule has 2 N–H and O–H groups in total. The molecule has 0 saturated heterocycles. The monoisotopic (exact) mass is 1340 g/mol. The number of hydrogen-bond acceptors (Lipinski definition) is 10. The lowest BCUT2D eigenvalue weighted by Crippen LogP contribution is -2.23. The van der Waals surface area contributed by atoms with E-state index in [1.165, 1.54) is 60.9 Å². The Labute approximate surface area is 592 Å². The van der Waals surface area contributed by atoms with Crippen molar-refractivity contribution < 1.29 is 37.9 Å². The second kappa shape index (κ2) is 54.8. The molecule has 0 atom stereocenters. The number of fused-ring (bicyclic) bond motifs is 7. The zero-order valence-electron chi connectivity index (χ0n) is 64.7. The average Bonchev–Trinajstić information content (AvgIpc) is 1.94. The second-order valence-corrected chi connectivity index (χ2v) is 28.9. The van der Waals surface area contributed by atoms with Crippen LogP contribution in [0.1, 0.15) is 197 Å². The lowest BCUT2D eigenvalue weighted by atomic mass is 10.0. The van der Waals surface area contributed by atoms with Crippen LogP contribution in [-0.4, -0.2) is 53.1 Å². The van der Waals surface area contributed by atoms with Crippen LogP contribution >= 0.6 is 0 Å². The molecule has 0 unspecified atom stereocenters. The zero-order chi connectivity index (χ0) is 72.2. The van der Waals surface area contributed by atoms with Gasteiger partial charge in [0, 0.05) is 24.3 Å². The van der Waals surface area contributed by atoms with Crippen LogP contribution in [0.2, 0.25) is 0 Å². The van der Waals surface area contributed by atoms with Crippen LogP contribution in [0.25, 0.3) is 0 Å². The fourth-order valence-electron chi connectivity index (χ4n) is 8.42. The molecule has 10 heteroatoms. The highest BCUT2D eigenvalue weighted by atomic mass is 16.7. The molecule has 0 spiro atoms. The molecule has 0 radical (unpaired) electrons. The standard InChI is InChI=1S/2C9H11N.C9H10O2.C9H10.2C8H8O2.C7H6O2.7C4H10/c1-2-6-9-8(4-1)5-3-7-10-9;1-2-4-9-7-10-6-5-8(9)3-1;1-7-3-2-4-8-9(7)11-6-5-10-8;1-2-5-9-7-3-6-8(9)4-1;1-2-4-8-7(3-1)5-9-6-10-8;1-2-4-8-7(3-1)9-5-6-10-8;1-2-4-7-6(3-1)8-5-9-7;7*1-4(2)3/h1-2,4,6,10H,3,5,7H2;1-4,10H,5-7H2;2-4H,5-6H2,1H3;1-2,4-5H,3,6-7H2;2*1-4H,5-6H2;1-4H,5H2;7*4H,1-3H3. The van der Waals surface area contributed by atoms with E-state index in [1.807, 2.05) is 97.9 Å². The van der Waals surface area contributed by atoms with Crippen LogP contribution in [0.15, 0.2) is 164 Å². The molecule has 7 aromatic rings. The Hall–Kier alpha value is -7.14. The van der Waals surface area contributed by atoms with Gasteiger partial charge in [-0.3, -0.25) is 0 Å². The summed E-state index contributed by atoms with van der Waals surface area (Å²) >= 11 is 0. The van der Waals surface area contributed by atoms with Gasteiger partial charge in [0.25, 0.3) is 0 Å². The highest BCUT2D eigenvalue weighted by molar-refractivity contribution is 5.52. The summed E-state index contributed by atoms with van der Waals surface area (Å²) in [5.41, 5.74) is 11.2. The van der Waals surface area contributed by atoms with Gasteiger partial charge in [0.05, 0.1) is 6.61 Å². The fraction of sp³-hybridized carbons (Fsp3) is 0.517. The van der Waals surface area contributed by atoms with E-state index in [0.29, 0.717) is 46.6 Å². The quantitative estimate of drug-likeness (QED) is 0.153. The van der Waals surface area contributed by atoms with Crippen molar-refractivity contribution in [2.45, 2.75) is 204 Å². The maximum atomic E-state index is 5.43. The molecule has 0 fully saturated rings. The first-order valence-corrected chi connectivity index (χ1v) is 36.3. The molecule has 0 aromatic heterocycles. The maximum absolute atomic E-state index is 5.43. The van der Waals surface area contributed by atoms with Crippen LogP contribution in [0.3, 0.4) is 0 Å². The van der Waals surface area contributed by atoms with E-state index in [0.717, 1.165) is 112 Å². The van der Waals surface area contributed by atoms with Crippen molar-refractivity contribution in [1.82, 2.24) is 5.32 Å². The Morgan fingerprint density at radius 1 is 0.289 bits per heavy atom. The first-order valence-electron chi connectivity index (χ1n) is 36.3. The summed E-state index contributed by atoms with van der Waals surface area (Å²) in [6.07, 6.45) is 7.67. The highest BCUT2D eigenvalue weighted by Gasteiger charge is 2.14. The van der Waals surface area contributed by atoms with Crippen molar-refractivity contribution >= 4 is 5.69 Å². The number of nitrogens with one attached hydrogen (secondary N) is 2. The van der Waals surface area contributed by atoms with Gasteiger partial charge >= 0.3 is 0 Å². The number of aryl methyl sites for hydroxylation is 4. The Kier molecular flexibility index (Phi) is 49.7. The second-order valence-electron chi connectivity index (χ2n) is 28.9.